The van der Waals surface area contributed by atoms with E-state index in [4.69, 9.17) is 0 Å². The highest BCUT2D eigenvalue weighted by atomic mass is 79.9. The molecule has 0 fully saturated rings. The molecule has 1 aromatic heterocycles. The Morgan fingerprint density at radius 3 is 2.81 bits per heavy atom. The van der Waals surface area contributed by atoms with Crippen LogP contribution in [0.1, 0.15) is 22.3 Å². The molecule has 0 saturated heterocycles. The predicted molar refractivity (Wildman–Crippen MR) is 70.0 cm³/mol. The molecule has 0 saturated carbocycles. The van der Waals surface area contributed by atoms with Gasteiger partial charge in [-0.2, -0.15) is 0 Å². The standard InChI is InChI=1S/C12H10BrNOS/c1-7-3-4-9(13)5-10(7)11-6-16-12(14-11)8(2)15/h3-6H,1-2H3. The highest BCUT2D eigenvalue weighted by Gasteiger charge is 2.09. The van der Waals surface area contributed by atoms with Gasteiger partial charge >= 0.3 is 0 Å². The van der Waals surface area contributed by atoms with Gasteiger partial charge in [-0.25, -0.2) is 4.98 Å². The summed E-state index contributed by atoms with van der Waals surface area (Å²) >= 11 is 4.83. The maximum absolute atomic E-state index is 11.2. The molecule has 2 rings (SSSR count). The molecule has 4 heteroatoms. The lowest BCUT2D eigenvalue weighted by Gasteiger charge is -2.02. The molecule has 0 aliphatic carbocycles. The predicted octanol–water partition coefficient (Wildman–Crippen LogP) is 4.08. The molecule has 2 aromatic rings. The summed E-state index contributed by atoms with van der Waals surface area (Å²) in [6, 6.07) is 6.05. The zero-order valence-electron chi connectivity index (χ0n) is 8.95. The van der Waals surface area contributed by atoms with Gasteiger partial charge in [-0.05, 0) is 24.6 Å². The molecule has 0 aliphatic heterocycles. The van der Waals surface area contributed by atoms with E-state index in [1.165, 1.54) is 18.3 Å². The number of ketones is 1. The van der Waals surface area contributed by atoms with Crippen molar-refractivity contribution >= 4 is 33.0 Å². The van der Waals surface area contributed by atoms with Gasteiger partial charge < -0.3 is 0 Å². The second kappa shape index (κ2) is 4.47. The van der Waals surface area contributed by atoms with Crippen LogP contribution in [-0.4, -0.2) is 10.8 Å². The lowest BCUT2D eigenvalue weighted by atomic mass is 10.1. The van der Waals surface area contributed by atoms with Gasteiger partial charge in [0.1, 0.15) is 0 Å². The monoisotopic (exact) mass is 295 g/mol. The van der Waals surface area contributed by atoms with E-state index in [1.54, 1.807) is 0 Å². The topological polar surface area (TPSA) is 30.0 Å². The number of hydrogen-bond donors (Lipinski definition) is 0. The molecule has 0 bridgehead atoms. The third-order valence-corrected chi connectivity index (χ3v) is 3.72. The first-order valence-electron chi connectivity index (χ1n) is 4.81. The van der Waals surface area contributed by atoms with Crippen molar-refractivity contribution in [2.75, 3.05) is 0 Å². The van der Waals surface area contributed by atoms with Crippen molar-refractivity contribution in [3.63, 3.8) is 0 Å². The average Bonchev–Trinajstić information content (AvgIpc) is 2.70. The Bertz CT molecular complexity index is 548. The Hall–Kier alpha value is -1.00. The molecule has 0 atom stereocenters. The van der Waals surface area contributed by atoms with E-state index >= 15 is 0 Å². The third kappa shape index (κ3) is 2.23. The van der Waals surface area contributed by atoms with Gasteiger partial charge in [0.05, 0.1) is 5.69 Å². The van der Waals surface area contributed by atoms with Crippen LogP contribution < -0.4 is 0 Å². The molecule has 1 aromatic carbocycles. The molecule has 2 nitrogen and oxygen atoms in total. The SMILES string of the molecule is CC(=O)c1nc(-c2cc(Br)ccc2C)cs1. The van der Waals surface area contributed by atoms with Crippen LogP contribution in [0.2, 0.25) is 0 Å². The van der Waals surface area contributed by atoms with Crippen molar-refractivity contribution in [1.82, 2.24) is 4.98 Å². The summed E-state index contributed by atoms with van der Waals surface area (Å²) in [5.41, 5.74) is 3.09. The van der Waals surface area contributed by atoms with Crippen LogP contribution in [0, 0.1) is 6.92 Å². The smallest absolute Gasteiger partial charge is 0.188 e. The number of Topliss-reactive ketones (excluding diaryl/α,β-unsaturated/α-hetero) is 1. The summed E-state index contributed by atoms with van der Waals surface area (Å²) in [6.07, 6.45) is 0. The molecule has 0 aliphatic rings. The zero-order chi connectivity index (χ0) is 11.7. The van der Waals surface area contributed by atoms with Crippen molar-refractivity contribution < 1.29 is 4.79 Å². The van der Waals surface area contributed by atoms with Gasteiger partial charge in [0.25, 0.3) is 0 Å². The molecule has 0 unspecified atom stereocenters. The van der Waals surface area contributed by atoms with Crippen LogP contribution in [0.15, 0.2) is 28.1 Å². The summed E-state index contributed by atoms with van der Waals surface area (Å²) in [5.74, 6) is 0.0175. The minimum atomic E-state index is 0.0175. The van der Waals surface area contributed by atoms with Gasteiger partial charge in [-0.15, -0.1) is 11.3 Å². The summed E-state index contributed by atoms with van der Waals surface area (Å²) in [6.45, 7) is 3.57. The number of rotatable bonds is 2. The number of benzene rings is 1. The lowest BCUT2D eigenvalue weighted by Crippen LogP contribution is -1.90. The van der Waals surface area contributed by atoms with Gasteiger partial charge in [0.15, 0.2) is 10.8 Å². The molecule has 0 N–H and O–H groups in total. The second-order valence-electron chi connectivity index (χ2n) is 3.55. The highest BCUT2D eigenvalue weighted by molar-refractivity contribution is 9.10. The Kier molecular flexibility index (Phi) is 3.21. The van der Waals surface area contributed by atoms with Crippen molar-refractivity contribution in [1.29, 1.82) is 0 Å². The van der Waals surface area contributed by atoms with Crippen molar-refractivity contribution in [2.24, 2.45) is 0 Å². The first-order valence-corrected chi connectivity index (χ1v) is 6.48. The van der Waals surface area contributed by atoms with E-state index in [1.807, 2.05) is 30.5 Å². The first kappa shape index (κ1) is 11.5. The van der Waals surface area contributed by atoms with Crippen molar-refractivity contribution in [3.8, 4) is 11.3 Å². The Labute approximate surface area is 106 Å². The largest absolute Gasteiger partial charge is 0.292 e. The number of aromatic nitrogens is 1. The van der Waals surface area contributed by atoms with Crippen molar-refractivity contribution in [2.45, 2.75) is 13.8 Å². The van der Waals surface area contributed by atoms with E-state index < -0.39 is 0 Å². The molecular formula is C12H10BrNOS. The molecule has 0 amide bonds. The number of carbonyl (C=O) groups is 1. The number of nitrogens with zero attached hydrogens (tertiary/aromatic N) is 1. The van der Waals surface area contributed by atoms with E-state index in [-0.39, 0.29) is 5.78 Å². The molecular weight excluding hydrogens is 286 g/mol. The normalized spacial score (nSPS) is 10.4. The van der Waals surface area contributed by atoms with Crippen LogP contribution in [0.5, 0.6) is 0 Å². The van der Waals surface area contributed by atoms with Gasteiger partial charge in [-0.3, -0.25) is 4.79 Å². The fraction of sp³-hybridized carbons (Fsp3) is 0.167. The van der Waals surface area contributed by atoms with Gasteiger partial charge in [0.2, 0.25) is 0 Å². The summed E-state index contributed by atoms with van der Waals surface area (Å²) < 4.78 is 1.02. The average molecular weight is 296 g/mol. The number of halogens is 1. The minimum Gasteiger partial charge on any atom is -0.292 e. The summed E-state index contributed by atoms with van der Waals surface area (Å²) in [7, 11) is 0. The maximum Gasteiger partial charge on any atom is 0.188 e. The van der Waals surface area contributed by atoms with Crippen LogP contribution >= 0.6 is 27.3 Å². The first-order chi connectivity index (χ1) is 7.58. The number of carbonyl (C=O) groups excluding carboxylic acids is 1. The summed E-state index contributed by atoms with van der Waals surface area (Å²) in [4.78, 5) is 15.5. The van der Waals surface area contributed by atoms with E-state index in [9.17, 15) is 4.79 Å². The van der Waals surface area contributed by atoms with E-state index in [2.05, 4.69) is 20.9 Å². The van der Waals surface area contributed by atoms with E-state index in [0.29, 0.717) is 5.01 Å². The molecule has 16 heavy (non-hydrogen) atoms. The fourth-order valence-electron chi connectivity index (χ4n) is 1.43. The zero-order valence-corrected chi connectivity index (χ0v) is 11.4. The Balaban J connectivity index is 2.50. The Morgan fingerprint density at radius 1 is 1.44 bits per heavy atom. The fourth-order valence-corrected chi connectivity index (χ4v) is 2.51. The van der Waals surface area contributed by atoms with Crippen molar-refractivity contribution in [3.05, 3.63) is 38.6 Å². The maximum atomic E-state index is 11.2. The van der Waals surface area contributed by atoms with Gasteiger partial charge in [0, 0.05) is 22.3 Å². The molecule has 0 spiro atoms. The van der Waals surface area contributed by atoms with Crippen LogP contribution in [-0.2, 0) is 0 Å². The summed E-state index contributed by atoms with van der Waals surface area (Å²) in [5, 5.41) is 2.49. The van der Waals surface area contributed by atoms with Gasteiger partial charge in [-0.1, -0.05) is 22.0 Å². The number of thiazole rings is 1. The highest BCUT2D eigenvalue weighted by Crippen LogP contribution is 2.27. The quantitative estimate of drug-likeness (QED) is 0.781. The number of aryl methyl sites for hydroxylation is 1. The lowest BCUT2D eigenvalue weighted by molar-refractivity contribution is 0.101. The van der Waals surface area contributed by atoms with Crippen LogP contribution in [0.4, 0.5) is 0 Å². The molecule has 0 radical (unpaired) electrons. The number of hydrogen-bond acceptors (Lipinski definition) is 3. The third-order valence-electron chi connectivity index (χ3n) is 2.28. The minimum absolute atomic E-state index is 0.0175. The van der Waals surface area contributed by atoms with Crippen LogP contribution in [0.25, 0.3) is 11.3 Å². The van der Waals surface area contributed by atoms with E-state index in [0.717, 1.165) is 21.3 Å². The molecule has 82 valence electrons. The molecule has 1 heterocycles. The second-order valence-corrected chi connectivity index (χ2v) is 5.33. The van der Waals surface area contributed by atoms with Crippen LogP contribution in [0.3, 0.4) is 0 Å². The Morgan fingerprint density at radius 2 is 2.19 bits per heavy atom.